The van der Waals surface area contributed by atoms with Gasteiger partial charge in [0.05, 0.1) is 0 Å². The third-order valence-electron chi connectivity index (χ3n) is 1.98. The van der Waals surface area contributed by atoms with E-state index in [9.17, 15) is 3.32 Å². The van der Waals surface area contributed by atoms with E-state index >= 15 is 0 Å². The van der Waals surface area contributed by atoms with Crippen molar-refractivity contribution in [1.82, 2.24) is 0 Å². The van der Waals surface area contributed by atoms with E-state index in [1.54, 1.807) is 0 Å². The van der Waals surface area contributed by atoms with Crippen molar-refractivity contribution in [2.75, 3.05) is 6.61 Å². The summed E-state index contributed by atoms with van der Waals surface area (Å²) in [5.74, 6) is 0.442. The molecule has 0 spiro atoms. The first-order chi connectivity index (χ1) is 6.20. The van der Waals surface area contributed by atoms with Crippen LogP contribution in [0.4, 0.5) is 0 Å². The molecule has 0 aliphatic rings. The molecule has 0 aliphatic heterocycles. The molecule has 0 heterocycles. The predicted octanol–water partition coefficient (Wildman–Crippen LogP) is 1.94. The summed E-state index contributed by atoms with van der Waals surface area (Å²) >= 11 is -3.47. The first-order valence-corrected chi connectivity index (χ1v) is 6.70. The zero-order valence-electron chi connectivity index (χ0n) is 8.28. The van der Waals surface area contributed by atoms with Gasteiger partial charge >= 0.3 is 86.0 Å². The van der Waals surface area contributed by atoms with Crippen molar-refractivity contribution < 1.29 is 34.0 Å². The quantitative estimate of drug-likeness (QED) is 0.390. The standard InChI is InChI=1S/C8H18O2.H2O.O.Ti/c1-3-5-6-8(4-2)7-10-9;;;/h8-9H,3-7H2,1-2H3;1H2;;/q;;;+2/p-2. The Hall–Kier alpha value is 0.394. The molecule has 5 heteroatoms. The Morgan fingerprint density at radius 1 is 1.46 bits per heavy atom. The van der Waals surface area contributed by atoms with Crippen LogP contribution in [0.5, 0.6) is 0 Å². The molecule has 0 rings (SSSR count). The van der Waals surface area contributed by atoms with Crippen molar-refractivity contribution in [3.8, 4) is 0 Å². The van der Waals surface area contributed by atoms with E-state index < -0.39 is 18.6 Å². The van der Waals surface area contributed by atoms with Gasteiger partial charge in [0.15, 0.2) is 0 Å². The summed E-state index contributed by atoms with van der Waals surface area (Å²) < 4.78 is 22.8. The van der Waals surface area contributed by atoms with Crippen LogP contribution in [-0.4, -0.2) is 10.3 Å². The molecule has 0 aromatic carbocycles. The molecule has 13 heavy (non-hydrogen) atoms. The average Bonchev–Trinajstić information content (AvgIpc) is 2.10. The summed E-state index contributed by atoms with van der Waals surface area (Å²) in [6, 6.07) is 0. The van der Waals surface area contributed by atoms with Crippen LogP contribution >= 0.6 is 0 Å². The van der Waals surface area contributed by atoms with Crippen LogP contribution in [0.3, 0.4) is 0 Å². The molecule has 0 amide bonds. The molecule has 1 N–H and O–H groups in total. The molecular formula is C8H18O4Ti. The molecule has 1 atom stereocenters. The zero-order chi connectivity index (χ0) is 10.1. The second kappa shape index (κ2) is 8.97. The topological polar surface area (TPSA) is 55.8 Å². The van der Waals surface area contributed by atoms with Crippen LogP contribution in [0.1, 0.15) is 39.5 Å². The Bertz CT molecular complexity index is 140. The SMILES string of the molecule is CCCCC(CC)CO[O][Ti](=[O])[OH]. The van der Waals surface area contributed by atoms with Crippen LogP contribution in [0.15, 0.2) is 0 Å². The van der Waals surface area contributed by atoms with Gasteiger partial charge < -0.3 is 0 Å². The zero-order valence-corrected chi connectivity index (χ0v) is 9.85. The second-order valence-electron chi connectivity index (χ2n) is 3.05. The maximum atomic E-state index is 10.2. The number of hydrogen-bond acceptors (Lipinski definition) is 3. The minimum atomic E-state index is -3.47. The van der Waals surface area contributed by atoms with Crippen LogP contribution < -0.4 is 0 Å². The van der Waals surface area contributed by atoms with Gasteiger partial charge in [0, 0.05) is 0 Å². The van der Waals surface area contributed by atoms with E-state index in [1.807, 2.05) is 0 Å². The summed E-state index contributed by atoms with van der Waals surface area (Å²) in [5.41, 5.74) is 0. The molecular weight excluding hydrogens is 208 g/mol. The fourth-order valence-corrected chi connectivity index (χ4v) is 1.34. The first kappa shape index (κ1) is 13.4. The van der Waals surface area contributed by atoms with Gasteiger partial charge in [-0.3, -0.25) is 0 Å². The van der Waals surface area contributed by atoms with Gasteiger partial charge in [-0.2, -0.15) is 0 Å². The van der Waals surface area contributed by atoms with E-state index in [1.165, 1.54) is 6.42 Å². The molecule has 1 unspecified atom stereocenters. The number of unbranched alkanes of at least 4 members (excludes halogenated alkanes) is 1. The van der Waals surface area contributed by atoms with Gasteiger partial charge in [-0.1, -0.05) is 0 Å². The van der Waals surface area contributed by atoms with Crippen molar-refractivity contribution in [2.45, 2.75) is 39.5 Å². The van der Waals surface area contributed by atoms with Crippen LogP contribution in [0.25, 0.3) is 0 Å². The molecule has 0 aromatic heterocycles. The Morgan fingerprint density at radius 2 is 2.15 bits per heavy atom. The monoisotopic (exact) mass is 226 g/mol. The fourth-order valence-electron chi connectivity index (χ4n) is 1.08. The van der Waals surface area contributed by atoms with Gasteiger partial charge in [0.2, 0.25) is 0 Å². The predicted molar refractivity (Wildman–Crippen MR) is 43.2 cm³/mol. The van der Waals surface area contributed by atoms with Crippen molar-refractivity contribution in [2.24, 2.45) is 5.92 Å². The molecule has 0 aliphatic carbocycles. The molecule has 0 radical (unpaired) electrons. The normalized spacial score (nSPS) is 12.8. The molecule has 0 saturated carbocycles. The molecule has 4 nitrogen and oxygen atoms in total. The van der Waals surface area contributed by atoms with Crippen LogP contribution in [-0.2, 0) is 30.3 Å². The minimum absolute atomic E-state index is 0.426. The summed E-state index contributed by atoms with van der Waals surface area (Å²) in [5, 5.41) is 0. The van der Waals surface area contributed by atoms with Crippen molar-refractivity contribution in [1.29, 1.82) is 0 Å². The van der Waals surface area contributed by atoms with Gasteiger partial charge in [-0.05, 0) is 0 Å². The molecule has 78 valence electrons. The average molecular weight is 226 g/mol. The van der Waals surface area contributed by atoms with Crippen molar-refractivity contribution >= 4 is 0 Å². The first-order valence-electron chi connectivity index (χ1n) is 4.73. The van der Waals surface area contributed by atoms with Gasteiger partial charge in [-0.25, -0.2) is 0 Å². The summed E-state index contributed by atoms with van der Waals surface area (Å²) in [6.07, 6.45) is 4.44. The van der Waals surface area contributed by atoms with E-state index in [0.717, 1.165) is 19.3 Å². The Kier molecular flexibility index (Phi) is 9.24. The van der Waals surface area contributed by atoms with E-state index in [2.05, 4.69) is 22.2 Å². The third-order valence-corrected chi connectivity index (χ3v) is 2.38. The van der Waals surface area contributed by atoms with Crippen LogP contribution in [0, 0.1) is 5.92 Å². The molecule has 0 fully saturated rings. The van der Waals surface area contributed by atoms with E-state index in [-0.39, 0.29) is 0 Å². The van der Waals surface area contributed by atoms with Crippen LogP contribution in [0.2, 0.25) is 0 Å². The molecule has 0 saturated heterocycles. The van der Waals surface area contributed by atoms with Crippen molar-refractivity contribution in [3.63, 3.8) is 0 Å². The van der Waals surface area contributed by atoms with Gasteiger partial charge in [0.25, 0.3) is 0 Å². The Balaban J connectivity index is 3.41. The summed E-state index contributed by atoms with van der Waals surface area (Å²) in [7, 11) is 0. The maximum absolute atomic E-state index is 10.2. The number of hydrogen-bond donors (Lipinski definition) is 1. The van der Waals surface area contributed by atoms with E-state index in [0.29, 0.717) is 12.5 Å². The van der Waals surface area contributed by atoms with E-state index in [4.69, 9.17) is 3.69 Å². The summed E-state index contributed by atoms with van der Waals surface area (Å²) in [4.78, 5) is 4.66. The third kappa shape index (κ3) is 8.72. The summed E-state index contributed by atoms with van der Waals surface area (Å²) in [6.45, 7) is 4.65. The Labute approximate surface area is 86.3 Å². The fraction of sp³-hybridized carbons (Fsp3) is 1.00. The van der Waals surface area contributed by atoms with Gasteiger partial charge in [0.1, 0.15) is 0 Å². The molecule has 0 bridgehead atoms. The number of rotatable bonds is 8. The van der Waals surface area contributed by atoms with Gasteiger partial charge in [-0.15, -0.1) is 0 Å². The second-order valence-corrected chi connectivity index (χ2v) is 4.14. The van der Waals surface area contributed by atoms with Crippen molar-refractivity contribution in [3.05, 3.63) is 0 Å². The Morgan fingerprint density at radius 3 is 2.62 bits per heavy atom. The molecule has 0 aromatic rings.